The van der Waals surface area contributed by atoms with Gasteiger partial charge in [0.2, 0.25) is 5.91 Å². The summed E-state index contributed by atoms with van der Waals surface area (Å²) < 4.78 is 5.03. The molecule has 0 saturated carbocycles. The molecule has 0 aromatic carbocycles. The Labute approximate surface area is 97.5 Å². The van der Waals surface area contributed by atoms with Crippen LogP contribution >= 0.6 is 0 Å². The van der Waals surface area contributed by atoms with Gasteiger partial charge in [-0.05, 0) is 13.8 Å². The van der Waals surface area contributed by atoms with Gasteiger partial charge in [0.1, 0.15) is 0 Å². The zero-order valence-electron chi connectivity index (χ0n) is 10.5. The van der Waals surface area contributed by atoms with E-state index in [1.165, 1.54) is 0 Å². The molecule has 2 N–H and O–H groups in total. The second-order valence-electron chi connectivity index (χ2n) is 4.33. The number of ether oxygens (including phenoxy) is 1. The summed E-state index contributed by atoms with van der Waals surface area (Å²) in [5.74, 6) is 0.166. The lowest BCUT2D eigenvalue weighted by Crippen LogP contribution is -2.58. The summed E-state index contributed by atoms with van der Waals surface area (Å²) in [4.78, 5) is 14.1. The lowest BCUT2D eigenvalue weighted by molar-refractivity contribution is -0.136. The maximum absolute atomic E-state index is 12.2. The molecule has 0 spiro atoms. The predicted molar refractivity (Wildman–Crippen MR) is 63.4 cm³/mol. The topological polar surface area (TPSA) is 53.6 Å². The second kappa shape index (κ2) is 6.83. The van der Waals surface area contributed by atoms with Crippen molar-refractivity contribution in [1.29, 1.82) is 0 Å². The number of carbonyl (C=O) groups is 1. The summed E-state index contributed by atoms with van der Waals surface area (Å²) >= 11 is 0. The molecule has 1 fully saturated rings. The van der Waals surface area contributed by atoms with Crippen LogP contribution in [0.25, 0.3) is 0 Å². The number of hydrogen-bond donors (Lipinski definition) is 2. The molecule has 5 nitrogen and oxygen atoms in total. The van der Waals surface area contributed by atoms with Crippen LogP contribution in [0.5, 0.6) is 0 Å². The molecule has 5 heteroatoms. The van der Waals surface area contributed by atoms with E-state index in [0.29, 0.717) is 13.2 Å². The highest BCUT2D eigenvalue weighted by Gasteiger charge is 2.26. The summed E-state index contributed by atoms with van der Waals surface area (Å²) in [6, 6.07) is 0.124. The molecule has 1 saturated heterocycles. The van der Waals surface area contributed by atoms with Gasteiger partial charge in [0.05, 0.1) is 12.6 Å². The Bertz CT molecular complexity index is 215. The zero-order valence-corrected chi connectivity index (χ0v) is 10.5. The molecule has 1 atom stereocenters. The molecule has 0 bridgehead atoms. The van der Waals surface area contributed by atoms with Gasteiger partial charge in [0.15, 0.2) is 0 Å². The van der Waals surface area contributed by atoms with Crippen LogP contribution in [0.4, 0.5) is 0 Å². The third-order valence-electron chi connectivity index (χ3n) is 2.78. The number of nitrogens with zero attached hydrogens (tertiary/aromatic N) is 1. The van der Waals surface area contributed by atoms with E-state index < -0.39 is 0 Å². The van der Waals surface area contributed by atoms with Crippen LogP contribution in [0, 0.1) is 0 Å². The van der Waals surface area contributed by atoms with Crippen molar-refractivity contribution < 1.29 is 9.53 Å². The Hall–Kier alpha value is -0.650. The van der Waals surface area contributed by atoms with Gasteiger partial charge in [-0.25, -0.2) is 0 Å². The van der Waals surface area contributed by atoms with E-state index in [2.05, 4.69) is 10.6 Å². The molecule has 16 heavy (non-hydrogen) atoms. The van der Waals surface area contributed by atoms with Crippen LogP contribution in [0.15, 0.2) is 0 Å². The van der Waals surface area contributed by atoms with E-state index >= 15 is 0 Å². The van der Waals surface area contributed by atoms with Crippen LogP contribution in [0.1, 0.15) is 13.8 Å². The monoisotopic (exact) mass is 229 g/mol. The van der Waals surface area contributed by atoms with E-state index in [0.717, 1.165) is 19.6 Å². The standard InChI is InChI=1S/C11H23N3O2/c1-9(2)14(6-7-16-3)11(15)10-8-12-4-5-13-10/h9-10,12-13H,4-8H2,1-3H3. The molecule has 1 unspecified atom stereocenters. The first-order valence-corrected chi connectivity index (χ1v) is 5.90. The maximum Gasteiger partial charge on any atom is 0.241 e. The van der Waals surface area contributed by atoms with E-state index in [9.17, 15) is 4.79 Å². The third kappa shape index (κ3) is 3.73. The van der Waals surface area contributed by atoms with Crippen LogP contribution in [0.3, 0.4) is 0 Å². The number of carbonyl (C=O) groups excluding carboxylic acids is 1. The lowest BCUT2D eigenvalue weighted by atomic mass is 10.2. The Morgan fingerprint density at radius 2 is 2.25 bits per heavy atom. The smallest absolute Gasteiger partial charge is 0.241 e. The Morgan fingerprint density at radius 1 is 1.50 bits per heavy atom. The largest absolute Gasteiger partial charge is 0.383 e. The first kappa shape index (κ1) is 13.4. The highest BCUT2D eigenvalue weighted by molar-refractivity contribution is 5.82. The van der Waals surface area contributed by atoms with Crippen LogP contribution < -0.4 is 10.6 Å². The highest BCUT2D eigenvalue weighted by atomic mass is 16.5. The molecule has 1 aliphatic heterocycles. The van der Waals surface area contributed by atoms with Gasteiger partial charge in [0, 0.05) is 39.3 Å². The van der Waals surface area contributed by atoms with E-state index in [-0.39, 0.29) is 18.0 Å². The Kier molecular flexibility index (Phi) is 5.73. The van der Waals surface area contributed by atoms with Gasteiger partial charge in [-0.1, -0.05) is 0 Å². The molecule has 1 aliphatic rings. The fourth-order valence-electron chi connectivity index (χ4n) is 1.84. The Balaban J connectivity index is 2.51. The van der Waals surface area contributed by atoms with Crippen molar-refractivity contribution >= 4 is 5.91 Å². The number of hydrogen-bond acceptors (Lipinski definition) is 4. The van der Waals surface area contributed by atoms with Crippen LogP contribution in [-0.2, 0) is 9.53 Å². The van der Waals surface area contributed by atoms with Gasteiger partial charge >= 0.3 is 0 Å². The number of rotatable bonds is 5. The first-order chi connectivity index (χ1) is 7.66. The minimum absolute atomic E-state index is 0.0898. The lowest BCUT2D eigenvalue weighted by Gasteiger charge is -2.32. The number of piperazine rings is 1. The normalized spacial score (nSPS) is 21.1. The fraction of sp³-hybridized carbons (Fsp3) is 0.909. The van der Waals surface area contributed by atoms with Crippen molar-refractivity contribution in [2.75, 3.05) is 39.9 Å². The third-order valence-corrected chi connectivity index (χ3v) is 2.78. The molecule has 0 aromatic heterocycles. The van der Waals surface area contributed by atoms with Crippen molar-refractivity contribution in [1.82, 2.24) is 15.5 Å². The van der Waals surface area contributed by atoms with Crippen molar-refractivity contribution in [2.24, 2.45) is 0 Å². The molecule has 94 valence electrons. The zero-order chi connectivity index (χ0) is 12.0. The van der Waals surface area contributed by atoms with Crippen LogP contribution in [-0.4, -0.2) is 62.8 Å². The summed E-state index contributed by atoms with van der Waals surface area (Å²) in [7, 11) is 1.66. The molecule has 0 aromatic rings. The molecule has 0 aliphatic carbocycles. The van der Waals surface area contributed by atoms with Gasteiger partial charge in [-0.3, -0.25) is 4.79 Å². The maximum atomic E-state index is 12.2. The van der Waals surface area contributed by atoms with Crippen molar-refractivity contribution in [3.05, 3.63) is 0 Å². The summed E-state index contributed by atoms with van der Waals surface area (Å²) in [5.41, 5.74) is 0. The predicted octanol–water partition coefficient (Wildman–Crippen LogP) is -0.569. The fourth-order valence-corrected chi connectivity index (χ4v) is 1.84. The number of nitrogens with one attached hydrogen (secondary N) is 2. The van der Waals surface area contributed by atoms with E-state index in [1.807, 2.05) is 18.7 Å². The van der Waals surface area contributed by atoms with Gasteiger partial charge in [-0.15, -0.1) is 0 Å². The molecule has 1 rings (SSSR count). The number of methoxy groups -OCH3 is 1. The summed E-state index contributed by atoms with van der Waals surface area (Å²) in [5, 5.41) is 6.46. The minimum Gasteiger partial charge on any atom is -0.383 e. The van der Waals surface area contributed by atoms with Gasteiger partial charge in [-0.2, -0.15) is 0 Å². The minimum atomic E-state index is -0.0898. The summed E-state index contributed by atoms with van der Waals surface area (Å²) in [6.45, 7) is 7.81. The highest BCUT2D eigenvalue weighted by Crippen LogP contribution is 2.03. The van der Waals surface area contributed by atoms with Crippen LogP contribution in [0.2, 0.25) is 0 Å². The molecule has 0 radical (unpaired) electrons. The SMILES string of the molecule is COCCN(C(=O)C1CNCCN1)C(C)C. The quantitative estimate of drug-likeness (QED) is 0.663. The molecular weight excluding hydrogens is 206 g/mol. The number of amides is 1. The average Bonchev–Trinajstić information content (AvgIpc) is 2.30. The second-order valence-corrected chi connectivity index (χ2v) is 4.33. The van der Waals surface area contributed by atoms with Crippen molar-refractivity contribution in [3.63, 3.8) is 0 Å². The molecule has 1 heterocycles. The van der Waals surface area contributed by atoms with Crippen molar-refractivity contribution in [2.45, 2.75) is 25.9 Å². The molecular formula is C11H23N3O2. The van der Waals surface area contributed by atoms with Gasteiger partial charge < -0.3 is 20.3 Å². The Morgan fingerprint density at radius 3 is 2.75 bits per heavy atom. The first-order valence-electron chi connectivity index (χ1n) is 5.90. The van der Waals surface area contributed by atoms with Gasteiger partial charge in [0.25, 0.3) is 0 Å². The van der Waals surface area contributed by atoms with E-state index in [4.69, 9.17) is 4.74 Å². The summed E-state index contributed by atoms with van der Waals surface area (Å²) in [6.07, 6.45) is 0. The van der Waals surface area contributed by atoms with Crippen molar-refractivity contribution in [3.8, 4) is 0 Å². The van der Waals surface area contributed by atoms with E-state index in [1.54, 1.807) is 7.11 Å². The average molecular weight is 229 g/mol. The molecule has 1 amide bonds.